The zero-order valence-electron chi connectivity index (χ0n) is 10.3. The number of rotatable bonds is 2. The van der Waals surface area contributed by atoms with Crippen molar-refractivity contribution in [3.05, 3.63) is 39.4 Å². The van der Waals surface area contributed by atoms with Gasteiger partial charge in [-0.25, -0.2) is 0 Å². The molecule has 1 aromatic rings. The van der Waals surface area contributed by atoms with Crippen LogP contribution in [0.3, 0.4) is 0 Å². The summed E-state index contributed by atoms with van der Waals surface area (Å²) in [5.41, 5.74) is -1.96. The molecule has 0 radical (unpaired) electrons. The maximum Gasteiger partial charge on any atom is 0.417 e. The Kier molecular flexibility index (Phi) is 4.51. The molecule has 7 heteroatoms. The highest BCUT2D eigenvalue weighted by atomic mass is 19.4. The van der Waals surface area contributed by atoms with Crippen molar-refractivity contribution in [3.63, 3.8) is 0 Å². The summed E-state index contributed by atoms with van der Waals surface area (Å²) in [5.74, 6) is 4.95. The van der Waals surface area contributed by atoms with Gasteiger partial charge < -0.3 is 0 Å². The van der Waals surface area contributed by atoms with Crippen molar-refractivity contribution in [2.24, 2.45) is 0 Å². The second-order valence-electron chi connectivity index (χ2n) is 4.02. The molecule has 0 heterocycles. The van der Waals surface area contributed by atoms with Crippen LogP contribution in [-0.2, 0) is 6.18 Å². The van der Waals surface area contributed by atoms with Crippen LogP contribution in [0.2, 0.25) is 0 Å². The molecule has 0 aliphatic rings. The lowest BCUT2D eigenvalue weighted by Crippen LogP contribution is -2.11. The molecule has 0 saturated carbocycles. The first-order valence-electron chi connectivity index (χ1n) is 5.21. The van der Waals surface area contributed by atoms with E-state index in [9.17, 15) is 23.3 Å². The molecular weight excluding hydrogens is 261 g/mol. The van der Waals surface area contributed by atoms with Crippen molar-refractivity contribution in [2.45, 2.75) is 6.18 Å². The van der Waals surface area contributed by atoms with Crippen LogP contribution in [0.4, 0.5) is 18.9 Å². The minimum atomic E-state index is -4.67. The average molecular weight is 272 g/mol. The predicted octanol–water partition coefficient (Wildman–Crippen LogP) is 2.53. The van der Waals surface area contributed by atoms with E-state index < -0.39 is 22.4 Å². The lowest BCUT2D eigenvalue weighted by atomic mass is 10.1. The van der Waals surface area contributed by atoms with E-state index in [0.29, 0.717) is 12.6 Å². The van der Waals surface area contributed by atoms with Crippen molar-refractivity contribution in [1.29, 1.82) is 0 Å². The van der Waals surface area contributed by atoms with Crippen molar-refractivity contribution < 1.29 is 18.1 Å². The molecule has 0 aromatic heterocycles. The van der Waals surface area contributed by atoms with E-state index in [0.717, 1.165) is 12.1 Å². The third-order valence-corrected chi connectivity index (χ3v) is 2.14. The van der Waals surface area contributed by atoms with Crippen molar-refractivity contribution in [2.75, 3.05) is 20.6 Å². The summed E-state index contributed by atoms with van der Waals surface area (Å²) in [6.07, 6.45) is -4.67. The highest BCUT2D eigenvalue weighted by Crippen LogP contribution is 2.33. The van der Waals surface area contributed by atoms with Gasteiger partial charge in [-0.05, 0) is 20.2 Å². The van der Waals surface area contributed by atoms with Crippen molar-refractivity contribution in [3.8, 4) is 11.8 Å². The number of nitro benzene ring substituents is 1. The largest absolute Gasteiger partial charge is 0.417 e. The van der Waals surface area contributed by atoms with Crippen molar-refractivity contribution in [1.82, 2.24) is 4.90 Å². The molecule has 1 rings (SSSR count). The summed E-state index contributed by atoms with van der Waals surface area (Å²) in [7, 11) is 3.46. The number of nitro groups is 1. The second-order valence-corrected chi connectivity index (χ2v) is 4.02. The van der Waals surface area contributed by atoms with Crippen LogP contribution in [-0.4, -0.2) is 30.5 Å². The molecule has 0 N–H and O–H groups in total. The van der Waals surface area contributed by atoms with E-state index >= 15 is 0 Å². The molecule has 0 unspecified atom stereocenters. The highest BCUT2D eigenvalue weighted by Gasteiger charge is 2.34. The van der Waals surface area contributed by atoms with Gasteiger partial charge in [0.05, 0.1) is 17.0 Å². The maximum absolute atomic E-state index is 12.8. The molecule has 0 aliphatic carbocycles. The summed E-state index contributed by atoms with van der Waals surface area (Å²) in [6, 6.07) is 2.53. The van der Waals surface area contributed by atoms with Gasteiger partial charge in [-0.1, -0.05) is 11.8 Å². The normalized spacial score (nSPS) is 11.1. The van der Waals surface area contributed by atoms with Crippen LogP contribution >= 0.6 is 0 Å². The minimum absolute atomic E-state index is 0.264. The number of benzene rings is 1. The fourth-order valence-corrected chi connectivity index (χ4v) is 1.28. The average Bonchev–Trinajstić information content (AvgIpc) is 2.27. The lowest BCUT2D eigenvalue weighted by Gasteiger charge is -2.08. The first-order valence-corrected chi connectivity index (χ1v) is 5.21. The Labute approximate surface area is 108 Å². The Morgan fingerprint density at radius 2 is 2.00 bits per heavy atom. The Morgan fingerprint density at radius 1 is 1.37 bits per heavy atom. The van der Waals surface area contributed by atoms with E-state index in [-0.39, 0.29) is 5.56 Å². The smallest absolute Gasteiger partial charge is 0.299 e. The van der Waals surface area contributed by atoms with E-state index in [1.54, 1.807) is 19.0 Å². The number of hydrogen-bond acceptors (Lipinski definition) is 3. The topological polar surface area (TPSA) is 46.4 Å². The summed E-state index contributed by atoms with van der Waals surface area (Å²) in [6.45, 7) is 0.300. The minimum Gasteiger partial charge on any atom is -0.299 e. The summed E-state index contributed by atoms with van der Waals surface area (Å²) >= 11 is 0. The third-order valence-electron chi connectivity index (χ3n) is 2.14. The van der Waals surface area contributed by atoms with Crippen LogP contribution in [0.5, 0.6) is 0 Å². The number of alkyl halides is 3. The van der Waals surface area contributed by atoms with Crippen molar-refractivity contribution >= 4 is 5.69 Å². The first kappa shape index (κ1) is 15.0. The van der Waals surface area contributed by atoms with E-state index in [1.165, 1.54) is 0 Å². The maximum atomic E-state index is 12.8. The van der Waals surface area contributed by atoms with Gasteiger partial charge in [0.25, 0.3) is 5.69 Å². The number of nitrogens with zero attached hydrogens (tertiary/aromatic N) is 2. The zero-order valence-corrected chi connectivity index (χ0v) is 10.3. The van der Waals surface area contributed by atoms with E-state index in [1.807, 2.05) is 0 Å². The molecule has 1 aromatic carbocycles. The highest BCUT2D eigenvalue weighted by molar-refractivity contribution is 5.49. The van der Waals surface area contributed by atoms with E-state index in [2.05, 4.69) is 11.8 Å². The van der Waals surface area contributed by atoms with Gasteiger partial charge >= 0.3 is 6.18 Å². The first-order chi connectivity index (χ1) is 8.71. The fraction of sp³-hybridized carbons (Fsp3) is 0.333. The Bertz CT molecular complexity index is 542. The zero-order chi connectivity index (χ0) is 14.6. The molecule has 0 amide bonds. The van der Waals surface area contributed by atoms with Crippen LogP contribution in [0.1, 0.15) is 11.1 Å². The van der Waals surface area contributed by atoms with Crippen LogP contribution in [0, 0.1) is 22.0 Å². The van der Waals surface area contributed by atoms with Gasteiger partial charge in [0, 0.05) is 17.7 Å². The monoisotopic (exact) mass is 272 g/mol. The van der Waals surface area contributed by atoms with Gasteiger partial charge in [0.2, 0.25) is 0 Å². The van der Waals surface area contributed by atoms with Gasteiger partial charge in [0.15, 0.2) is 0 Å². The molecular formula is C12H11F3N2O2. The molecule has 0 fully saturated rings. The summed E-state index contributed by atoms with van der Waals surface area (Å²) in [4.78, 5) is 11.3. The molecule has 0 bridgehead atoms. The predicted molar refractivity (Wildman–Crippen MR) is 63.5 cm³/mol. The number of halogens is 3. The molecule has 0 saturated heterocycles. The standard InChI is InChI=1S/C12H11F3N2O2/c1-16(2)7-3-4-9-5-6-10(17(18)19)8-11(9)12(13,14)15/h5-6,8H,7H2,1-2H3. The lowest BCUT2D eigenvalue weighted by molar-refractivity contribution is -0.385. The van der Waals surface area contributed by atoms with Crippen LogP contribution < -0.4 is 0 Å². The second kappa shape index (κ2) is 5.71. The fourth-order valence-electron chi connectivity index (χ4n) is 1.28. The molecule has 102 valence electrons. The van der Waals surface area contributed by atoms with Gasteiger partial charge in [0.1, 0.15) is 0 Å². The van der Waals surface area contributed by atoms with E-state index in [4.69, 9.17) is 0 Å². The summed E-state index contributed by atoms with van der Waals surface area (Å²) in [5, 5.41) is 10.5. The van der Waals surface area contributed by atoms with Gasteiger partial charge in [-0.15, -0.1) is 0 Å². The summed E-state index contributed by atoms with van der Waals surface area (Å²) < 4.78 is 38.3. The number of non-ortho nitro benzene ring substituents is 1. The third kappa shape index (κ3) is 4.26. The number of hydrogen-bond donors (Lipinski definition) is 0. The molecule has 0 aliphatic heterocycles. The molecule has 0 spiro atoms. The van der Waals surface area contributed by atoms with Gasteiger partial charge in [-0.3, -0.25) is 15.0 Å². The molecule has 4 nitrogen and oxygen atoms in total. The Hall–Kier alpha value is -2.07. The Morgan fingerprint density at radius 3 is 2.47 bits per heavy atom. The quantitative estimate of drug-likeness (QED) is 0.472. The van der Waals surface area contributed by atoms with Crippen LogP contribution in [0.25, 0.3) is 0 Å². The molecule has 0 atom stereocenters. The molecule has 19 heavy (non-hydrogen) atoms. The van der Waals surface area contributed by atoms with Crippen LogP contribution in [0.15, 0.2) is 18.2 Å². The Balaban J connectivity index is 3.23. The van der Waals surface area contributed by atoms with Gasteiger partial charge in [-0.2, -0.15) is 13.2 Å². The SMILES string of the molecule is CN(C)CC#Cc1ccc([N+](=O)[O-])cc1C(F)(F)F.